The second-order valence-electron chi connectivity index (χ2n) is 4.77. The molecule has 0 amide bonds. The standard InChI is InChI=1S/C13H18N4S/c1-10(2)9-16(3)12-14-15-13(18)17(12)11-7-5-4-6-8-11/h4-8,10H,9H2,1-3H3,(H,15,18). The molecule has 1 aromatic heterocycles. The van der Waals surface area contributed by atoms with Crippen molar-refractivity contribution in [3.05, 3.63) is 35.1 Å². The first kappa shape index (κ1) is 12.8. The van der Waals surface area contributed by atoms with Crippen molar-refractivity contribution in [3.8, 4) is 5.69 Å². The van der Waals surface area contributed by atoms with Gasteiger partial charge < -0.3 is 4.90 Å². The van der Waals surface area contributed by atoms with Gasteiger partial charge in [-0.2, -0.15) is 0 Å². The van der Waals surface area contributed by atoms with Crippen molar-refractivity contribution < 1.29 is 0 Å². The largest absolute Gasteiger partial charge is 0.343 e. The van der Waals surface area contributed by atoms with Gasteiger partial charge in [0.1, 0.15) is 0 Å². The number of aromatic amines is 1. The molecule has 1 aromatic carbocycles. The molecule has 0 spiro atoms. The molecule has 0 aliphatic heterocycles. The monoisotopic (exact) mass is 262 g/mol. The van der Waals surface area contributed by atoms with Gasteiger partial charge in [0.15, 0.2) is 0 Å². The van der Waals surface area contributed by atoms with E-state index in [2.05, 4.69) is 28.9 Å². The number of hydrogen-bond acceptors (Lipinski definition) is 3. The van der Waals surface area contributed by atoms with E-state index in [0.717, 1.165) is 18.2 Å². The maximum Gasteiger partial charge on any atom is 0.230 e. The zero-order valence-corrected chi connectivity index (χ0v) is 11.7. The zero-order valence-electron chi connectivity index (χ0n) is 10.9. The maximum atomic E-state index is 5.31. The van der Waals surface area contributed by atoms with Crippen LogP contribution in [0.4, 0.5) is 5.95 Å². The molecule has 2 aromatic rings. The summed E-state index contributed by atoms with van der Waals surface area (Å²) in [5.41, 5.74) is 1.03. The SMILES string of the molecule is CC(C)CN(C)c1n[nH]c(=S)n1-c1ccccc1. The van der Waals surface area contributed by atoms with Gasteiger partial charge in [0.05, 0.1) is 5.69 Å². The van der Waals surface area contributed by atoms with Gasteiger partial charge in [-0.1, -0.05) is 32.0 Å². The maximum absolute atomic E-state index is 5.31. The lowest BCUT2D eigenvalue weighted by Gasteiger charge is -2.20. The fourth-order valence-electron chi connectivity index (χ4n) is 1.98. The third-order valence-electron chi connectivity index (χ3n) is 2.65. The molecule has 0 aliphatic rings. The predicted molar refractivity (Wildman–Crippen MR) is 76.9 cm³/mol. The molecule has 0 saturated carbocycles. The summed E-state index contributed by atoms with van der Waals surface area (Å²) in [5.74, 6) is 1.42. The van der Waals surface area contributed by atoms with E-state index in [1.165, 1.54) is 0 Å². The van der Waals surface area contributed by atoms with E-state index in [-0.39, 0.29) is 0 Å². The molecule has 0 aliphatic carbocycles. The summed E-state index contributed by atoms with van der Waals surface area (Å²) in [7, 11) is 2.03. The minimum absolute atomic E-state index is 0.574. The Labute approximate surface area is 112 Å². The molecule has 18 heavy (non-hydrogen) atoms. The third kappa shape index (κ3) is 2.61. The molecule has 0 atom stereocenters. The number of nitrogens with zero attached hydrogens (tertiary/aromatic N) is 3. The van der Waals surface area contributed by atoms with Crippen LogP contribution in [0.25, 0.3) is 5.69 Å². The lowest BCUT2D eigenvalue weighted by Crippen LogP contribution is -2.25. The Kier molecular flexibility index (Phi) is 3.81. The van der Waals surface area contributed by atoms with Gasteiger partial charge in [-0.25, -0.2) is 5.10 Å². The summed E-state index contributed by atoms with van der Waals surface area (Å²) in [5, 5.41) is 7.18. The summed E-state index contributed by atoms with van der Waals surface area (Å²) >= 11 is 5.31. The summed E-state index contributed by atoms with van der Waals surface area (Å²) in [6.45, 7) is 5.31. The van der Waals surface area contributed by atoms with E-state index in [1.807, 2.05) is 41.9 Å². The van der Waals surface area contributed by atoms with Crippen molar-refractivity contribution in [2.75, 3.05) is 18.5 Å². The van der Waals surface area contributed by atoms with E-state index < -0.39 is 0 Å². The molecule has 2 rings (SSSR count). The van der Waals surface area contributed by atoms with E-state index in [9.17, 15) is 0 Å². The number of benzene rings is 1. The van der Waals surface area contributed by atoms with Gasteiger partial charge in [-0.3, -0.25) is 4.57 Å². The van der Waals surface area contributed by atoms with Crippen LogP contribution >= 0.6 is 12.2 Å². The third-order valence-corrected chi connectivity index (χ3v) is 2.92. The minimum atomic E-state index is 0.574. The molecule has 0 saturated heterocycles. The molecule has 0 unspecified atom stereocenters. The lowest BCUT2D eigenvalue weighted by molar-refractivity contribution is 0.627. The fraction of sp³-hybridized carbons (Fsp3) is 0.385. The highest BCUT2D eigenvalue weighted by Gasteiger charge is 2.13. The molecule has 0 fully saturated rings. The molecule has 0 bridgehead atoms. The fourth-order valence-corrected chi connectivity index (χ4v) is 2.22. The van der Waals surface area contributed by atoms with Gasteiger partial charge in [-0.15, -0.1) is 5.10 Å². The average molecular weight is 262 g/mol. The molecular formula is C13H18N4S. The highest BCUT2D eigenvalue weighted by Crippen LogP contribution is 2.17. The van der Waals surface area contributed by atoms with Gasteiger partial charge >= 0.3 is 0 Å². The smallest absolute Gasteiger partial charge is 0.230 e. The molecule has 96 valence electrons. The van der Waals surface area contributed by atoms with Crippen molar-refractivity contribution >= 4 is 18.2 Å². The summed E-state index contributed by atoms with van der Waals surface area (Å²) in [4.78, 5) is 2.12. The Balaban J connectivity index is 2.42. The van der Waals surface area contributed by atoms with E-state index in [0.29, 0.717) is 10.7 Å². The lowest BCUT2D eigenvalue weighted by atomic mass is 10.2. The van der Waals surface area contributed by atoms with Gasteiger partial charge in [0.2, 0.25) is 10.7 Å². The molecule has 4 nitrogen and oxygen atoms in total. The van der Waals surface area contributed by atoms with Crippen LogP contribution in [0.1, 0.15) is 13.8 Å². The van der Waals surface area contributed by atoms with Crippen molar-refractivity contribution in [1.29, 1.82) is 0 Å². The van der Waals surface area contributed by atoms with E-state index >= 15 is 0 Å². The summed E-state index contributed by atoms with van der Waals surface area (Å²) in [6.07, 6.45) is 0. The summed E-state index contributed by atoms with van der Waals surface area (Å²) in [6, 6.07) is 10.0. The Bertz CT molecular complexity index is 556. The summed E-state index contributed by atoms with van der Waals surface area (Å²) < 4.78 is 2.57. The van der Waals surface area contributed by atoms with Crippen molar-refractivity contribution in [3.63, 3.8) is 0 Å². The topological polar surface area (TPSA) is 36.9 Å². The molecule has 1 heterocycles. The molecule has 5 heteroatoms. The number of aromatic nitrogens is 3. The van der Waals surface area contributed by atoms with Crippen LogP contribution in [0.5, 0.6) is 0 Å². The first-order valence-corrected chi connectivity index (χ1v) is 6.44. The number of anilines is 1. The zero-order chi connectivity index (χ0) is 13.1. The Morgan fingerprint density at radius 2 is 2.00 bits per heavy atom. The number of nitrogens with one attached hydrogen (secondary N) is 1. The van der Waals surface area contributed by atoms with Crippen LogP contribution < -0.4 is 4.90 Å². The first-order chi connectivity index (χ1) is 8.59. The van der Waals surface area contributed by atoms with Crippen molar-refractivity contribution in [2.24, 2.45) is 5.92 Å². The van der Waals surface area contributed by atoms with E-state index in [4.69, 9.17) is 12.2 Å². The van der Waals surface area contributed by atoms with Crippen LogP contribution in [0, 0.1) is 10.7 Å². The van der Waals surface area contributed by atoms with E-state index in [1.54, 1.807) is 0 Å². The first-order valence-electron chi connectivity index (χ1n) is 6.03. The van der Waals surface area contributed by atoms with Crippen LogP contribution in [0.3, 0.4) is 0 Å². The predicted octanol–water partition coefficient (Wildman–Crippen LogP) is 3.02. The Hall–Kier alpha value is -1.62. The van der Waals surface area contributed by atoms with Gasteiger partial charge in [-0.05, 0) is 30.3 Å². The second-order valence-corrected chi connectivity index (χ2v) is 5.16. The highest BCUT2D eigenvalue weighted by molar-refractivity contribution is 7.71. The van der Waals surface area contributed by atoms with Crippen LogP contribution in [0.15, 0.2) is 30.3 Å². The number of H-pyrrole nitrogens is 1. The molecule has 0 radical (unpaired) electrons. The highest BCUT2D eigenvalue weighted by atomic mass is 32.1. The number of rotatable bonds is 4. The molecular weight excluding hydrogens is 244 g/mol. The van der Waals surface area contributed by atoms with Crippen molar-refractivity contribution in [1.82, 2.24) is 14.8 Å². The number of hydrogen-bond donors (Lipinski definition) is 1. The normalized spacial score (nSPS) is 10.9. The van der Waals surface area contributed by atoms with Crippen LogP contribution in [0.2, 0.25) is 0 Å². The van der Waals surface area contributed by atoms with Crippen LogP contribution in [-0.2, 0) is 0 Å². The quantitative estimate of drug-likeness (QED) is 0.861. The number of para-hydroxylation sites is 1. The Morgan fingerprint density at radius 3 is 2.61 bits per heavy atom. The van der Waals surface area contributed by atoms with Gasteiger partial charge in [0.25, 0.3) is 0 Å². The average Bonchev–Trinajstić information content (AvgIpc) is 2.71. The second kappa shape index (κ2) is 5.35. The van der Waals surface area contributed by atoms with Crippen LogP contribution in [-0.4, -0.2) is 28.4 Å². The van der Waals surface area contributed by atoms with Crippen molar-refractivity contribution in [2.45, 2.75) is 13.8 Å². The van der Waals surface area contributed by atoms with Gasteiger partial charge in [0, 0.05) is 13.6 Å². The Morgan fingerprint density at radius 1 is 1.33 bits per heavy atom. The minimum Gasteiger partial charge on any atom is -0.343 e. The molecule has 1 N–H and O–H groups in total.